The Morgan fingerprint density at radius 3 is 2.64 bits per heavy atom. The second kappa shape index (κ2) is 10.8. The van der Waals surface area contributed by atoms with Gasteiger partial charge >= 0.3 is 0 Å². The van der Waals surface area contributed by atoms with Crippen molar-refractivity contribution in [2.45, 2.75) is 24.7 Å². The normalized spacial score (nSPS) is 15.0. The number of guanidine groups is 1. The summed E-state index contributed by atoms with van der Waals surface area (Å²) in [5.41, 5.74) is 0.203. The molecule has 0 spiro atoms. The second-order valence-corrected chi connectivity index (χ2v) is 6.75. The number of rotatable bonds is 9. The van der Waals surface area contributed by atoms with Crippen molar-refractivity contribution in [3.05, 3.63) is 59.6 Å². The summed E-state index contributed by atoms with van der Waals surface area (Å²) in [6.45, 7) is 2.26. The molecule has 0 radical (unpaired) electrons. The summed E-state index contributed by atoms with van der Waals surface area (Å²) in [6.07, 6.45) is 4.07. The van der Waals surface area contributed by atoms with Crippen LogP contribution in [0.4, 0.5) is 8.78 Å². The average molecular weight is 505 g/mol. The van der Waals surface area contributed by atoms with E-state index in [1.807, 2.05) is 12.1 Å². The standard InChI is InChI=1S/C20H25F2N3O2.HI/c1-26-12-10-24-19(23-9-6-16-3-2-11-27-16)25-14-20(7-8-20)17-5-4-15(21)13-18(17)22;/h2-5,11,13H,6-10,12,14H2,1H3,(H2,23,24,25);1H. The molecule has 8 heteroatoms. The third-order valence-electron chi connectivity index (χ3n) is 4.74. The van der Waals surface area contributed by atoms with Crippen LogP contribution >= 0.6 is 24.0 Å². The smallest absolute Gasteiger partial charge is 0.191 e. The number of hydrogen-bond acceptors (Lipinski definition) is 3. The van der Waals surface area contributed by atoms with Crippen LogP contribution in [0.15, 0.2) is 46.0 Å². The van der Waals surface area contributed by atoms with Crippen LogP contribution in [-0.2, 0) is 16.6 Å². The van der Waals surface area contributed by atoms with Gasteiger partial charge in [0.1, 0.15) is 17.4 Å². The van der Waals surface area contributed by atoms with Crippen molar-refractivity contribution in [2.24, 2.45) is 4.99 Å². The zero-order valence-corrected chi connectivity index (χ0v) is 18.2. The minimum absolute atomic E-state index is 0. The lowest BCUT2D eigenvalue weighted by atomic mass is 9.95. The Morgan fingerprint density at radius 1 is 1.21 bits per heavy atom. The van der Waals surface area contributed by atoms with E-state index in [9.17, 15) is 8.78 Å². The fourth-order valence-electron chi connectivity index (χ4n) is 3.02. The molecule has 1 fully saturated rings. The lowest BCUT2D eigenvalue weighted by Crippen LogP contribution is -2.40. The lowest BCUT2D eigenvalue weighted by molar-refractivity contribution is 0.203. The Hall–Kier alpha value is -1.68. The molecule has 5 nitrogen and oxygen atoms in total. The van der Waals surface area contributed by atoms with Crippen LogP contribution in [0.2, 0.25) is 0 Å². The molecule has 2 aromatic rings. The maximum atomic E-state index is 14.2. The number of halogens is 3. The number of furan rings is 1. The van der Waals surface area contributed by atoms with E-state index in [0.29, 0.717) is 37.8 Å². The fraction of sp³-hybridized carbons (Fsp3) is 0.450. The van der Waals surface area contributed by atoms with Crippen LogP contribution in [0.3, 0.4) is 0 Å². The second-order valence-electron chi connectivity index (χ2n) is 6.75. The maximum Gasteiger partial charge on any atom is 0.191 e. The van der Waals surface area contributed by atoms with Gasteiger partial charge < -0.3 is 19.8 Å². The third kappa shape index (κ3) is 6.16. The topological polar surface area (TPSA) is 58.8 Å². The van der Waals surface area contributed by atoms with Crippen molar-refractivity contribution in [3.8, 4) is 0 Å². The molecule has 0 unspecified atom stereocenters. The van der Waals surface area contributed by atoms with Crippen molar-refractivity contribution >= 4 is 29.9 Å². The molecule has 0 saturated heterocycles. The van der Waals surface area contributed by atoms with E-state index >= 15 is 0 Å². The molecule has 3 rings (SSSR count). The summed E-state index contributed by atoms with van der Waals surface area (Å²) < 4.78 is 37.8. The van der Waals surface area contributed by atoms with Crippen molar-refractivity contribution < 1.29 is 17.9 Å². The molecular formula is C20H26F2IN3O2. The van der Waals surface area contributed by atoms with Gasteiger partial charge in [0.15, 0.2) is 5.96 Å². The molecule has 1 saturated carbocycles. The molecule has 0 amide bonds. The highest BCUT2D eigenvalue weighted by Gasteiger charge is 2.46. The summed E-state index contributed by atoms with van der Waals surface area (Å²) in [4.78, 5) is 4.64. The molecule has 0 bridgehead atoms. The largest absolute Gasteiger partial charge is 0.469 e. The van der Waals surface area contributed by atoms with Gasteiger partial charge in [-0.1, -0.05) is 6.07 Å². The number of methoxy groups -OCH3 is 1. The van der Waals surface area contributed by atoms with E-state index in [0.717, 1.165) is 31.1 Å². The van der Waals surface area contributed by atoms with Gasteiger partial charge in [0.05, 0.1) is 19.4 Å². The Balaban J connectivity index is 0.00000280. The van der Waals surface area contributed by atoms with Gasteiger partial charge in [-0.15, -0.1) is 24.0 Å². The molecule has 0 atom stereocenters. The first-order chi connectivity index (χ1) is 13.1. The third-order valence-corrected chi connectivity index (χ3v) is 4.74. The minimum atomic E-state index is -0.558. The molecule has 1 aliphatic rings. The quantitative estimate of drug-likeness (QED) is 0.237. The summed E-state index contributed by atoms with van der Waals surface area (Å²) in [7, 11) is 1.64. The van der Waals surface area contributed by atoms with Gasteiger partial charge in [-0.2, -0.15) is 0 Å². The van der Waals surface area contributed by atoms with Gasteiger partial charge in [-0.05, 0) is 36.6 Å². The van der Waals surface area contributed by atoms with Gasteiger partial charge in [0.2, 0.25) is 0 Å². The number of ether oxygens (including phenoxy) is 1. The zero-order valence-electron chi connectivity index (χ0n) is 15.8. The predicted molar refractivity (Wildman–Crippen MR) is 115 cm³/mol. The molecule has 1 heterocycles. The van der Waals surface area contributed by atoms with Crippen LogP contribution in [0.25, 0.3) is 0 Å². The highest BCUT2D eigenvalue weighted by atomic mass is 127. The van der Waals surface area contributed by atoms with Crippen LogP contribution in [0.1, 0.15) is 24.2 Å². The highest BCUT2D eigenvalue weighted by molar-refractivity contribution is 14.0. The monoisotopic (exact) mass is 505 g/mol. The summed E-state index contributed by atoms with van der Waals surface area (Å²) in [5.74, 6) is 0.484. The maximum absolute atomic E-state index is 14.2. The molecule has 154 valence electrons. The molecule has 2 N–H and O–H groups in total. The first-order valence-corrected chi connectivity index (χ1v) is 9.12. The van der Waals surface area contributed by atoms with Crippen LogP contribution in [-0.4, -0.2) is 39.3 Å². The van der Waals surface area contributed by atoms with Crippen LogP contribution in [0.5, 0.6) is 0 Å². The van der Waals surface area contributed by atoms with Crippen LogP contribution < -0.4 is 10.6 Å². The van der Waals surface area contributed by atoms with Crippen molar-refractivity contribution in [1.29, 1.82) is 0 Å². The van der Waals surface area contributed by atoms with Gasteiger partial charge in [-0.25, -0.2) is 8.78 Å². The zero-order chi connectivity index (χ0) is 19.1. The molecule has 1 aromatic heterocycles. The number of hydrogen-bond donors (Lipinski definition) is 2. The summed E-state index contributed by atoms with van der Waals surface area (Å²) in [5, 5.41) is 6.47. The lowest BCUT2D eigenvalue weighted by Gasteiger charge is -2.17. The Morgan fingerprint density at radius 2 is 2.00 bits per heavy atom. The molecule has 1 aromatic carbocycles. The molecule has 28 heavy (non-hydrogen) atoms. The molecule has 0 aliphatic heterocycles. The number of nitrogens with zero attached hydrogens (tertiary/aromatic N) is 1. The first kappa shape index (κ1) is 22.6. The minimum Gasteiger partial charge on any atom is -0.469 e. The number of benzene rings is 1. The average Bonchev–Trinajstić information content (AvgIpc) is 3.24. The first-order valence-electron chi connectivity index (χ1n) is 9.12. The van der Waals surface area contributed by atoms with Gasteiger partial charge in [0.25, 0.3) is 0 Å². The van der Waals surface area contributed by atoms with E-state index in [4.69, 9.17) is 9.15 Å². The van der Waals surface area contributed by atoms with E-state index in [-0.39, 0.29) is 29.4 Å². The predicted octanol–water partition coefficient (Wildman–Crippen LogP) is 3.63. The fourth-order valence-corrected chi connectivity index (χ4v) is 3.02. The van der Waals surface area contributed by atoms with Crippen molar-refractivity contribution in [3.63, 3.8) is 0 Å². The van der Waals surface area contributed by atoms with Gasteiger partial charge in [-0.3, -0.25) is 4.99 Å². The van der Waals surface area contributed by atoms with Crippen molar-refractivity contribution in [2.75, 3.05) is 33.4 Å². The van der Waals surface area contributed by atoms with Crippen molar-refractivity contribution in [1.82, 2.24) is 10.6 Å². The van der Waals surface area contributed by atoms with E-state index in [1.165, 1.54) is 12.1 Å². The molecule has 1 aliphatic carbocycles. The summed E-state index contributed by atoms with van der Waals surface area (Å²) in [6, 6.07) is 7.57. The van der Waals surface area contributed by atoms with E-state index in [2.05, 4.69) is 15.6 Å². The van der Waals surface area contributed by atoms with Crippen LogP contribution in [0, 0.1) is 11.6 Å². The SMILES string of the molecule is COCCNC(=NCC1(c2ccc(F)cc2F)CC1)NCCc1ccco1.I. The van der Waals surface area contributed by atoms with E-state index in [1.54, 1.807) is 13.4 Å². The highest BCUT2D eigenvalue weighted by Crippen LogP contribution is 2.49. The summed E-state index contributed by atoms with van der Waals surface area (Å²) >= 11 is 0. The van der Waals surface area contributed by atoms with Gasteiger partial charge in [0, 0.05) is 38.1 Å². The Labute approximate surface area is 181 Å². The number of aliphatic imine (C=N–C) groups is 1. The Kier molecular flexibility index (Phi) is 8.68. The van der Waals surface area contributed by atoms with E-state index < -0.39 is 11.6 Å². The molecular weight excluding hydrogens is 479 g/mol. The number of nitrogens with one attached hydrogen (secondary N) is 2. The Bertz CT molecular complexity index is 765.